The van der Waals surface area contributed by atoms with E-state index >= 15 is 0 Å². The molecule has 6 aliphatic rings. The van der Waals surface area contributed by atoms with E-state index in [1.54, 1.807) is 78.5 Å². The van der Waals surface area contributed by atoms with E-state index < -0.39 is 55.1 Å². The van der Waals surface area contributed by atoms with Crippen LogP contribution in [0.1, 0.15) is 78.4 Å². The Morgan fingerprint density at radius 1 is 0.416 bits per heavy atom. The SMILES string of the molecule is C=CCOC(=O)N1c2cc(O)c(OC)cc2C(=O)N2CC=C(c3ccc(OC)cc3)C[C@H]2C1OC.C=CCOC(=O)N1c2cc(OCc3cccc(COc4cc5c(cc4OC)C(=O)N4CC=C(c6ccc(OC)cc6)C[C@H]4C(OC)N5C(=O)OCC=C)n3)c(OC)cc2C(=O)N2CC=C(c3ccc(OC)cc3)C[C@H]2C1OC. The highest BCUT2D eigenvalue weighted by Crippen LogP contribution is 2.47. The van der Waals surface area contributed by atoms with Gasteiger partial charge in [0, 0.05) is 59.2 Å². The van der Waals surface area contributed by atoms with Crippen molar-refractivity contribution >= 4 is 69.8 Å². The molecule has 28 nitrogen and oxygen atoms in total. The summed E-state index contributed by atoms with van der Waals surface area (Å²) in [6.45, 7) is 11.4. The standard InChI is InChI=1S/C59H61N5O14.C26H28N2O7/c1-9-26-75-58(67)63-46-32-52(50(71-5)30-44(46)54(65)61-24-22-38(28-48(61)56(63)73-7)36-14-18-42(69-3)19-15-36)77-34-40-12-11-13-41(60-40)35-78-53-33-47-45(31-51(53)72-6)55(66)62-25-23-39(37-16-20-43(70-4)21-17-37)29-49(62)57(74-8)64(47)59(68)76-27-10-2;1-5-12-35-26(31)28-20-15-22(29)23(33-3)14-19(20)24(30)27-11-10-17(13-21(27)25(28)34-4)16-6-8-18(32-2)9-7-16/h9-23,30-33,48-49,56-57H,1-2,24-29,34-35H2,3-8H3;5-10,14-15,21,25,29H,1,11-13H2,2-4H3/t48-,49-,56?,57?;21-,25?/m00/s1. The Hall–Kier alpha value is -12.8. The van der Waals surface area contributed by atoms with Crippen molar-refractivity contribution in [2.45, 2.75) is 69.3 Å². The Morgan fingerprint density at radius 3 is 1.02 bits per heavy atom. The Labute approximate surface area is 654 Å². The number of hydrogen-bond acceptors (Lipinski definition) is 22. The molecule has 6 aromatic carbocycles. The molecule has 1 aromatic heterocycles. The Bertz CT molecular complexity index is 4630. The molecule has 28 heteroatoms. The summed E-state index contributed by atoms with van der Waals surface area (Å²) in [6.07, 6.45) is 6.42. The minimum atomic E-state index is -0.985. The van der Waals surface area contributed by atoms with E-state index in [1.165, 1.54) is 87.7 Å². The number of aromatic nitrogens is 1. The highest BCUT2D eigenvalue weighted by Gasteiger charge is 2.50. The average Bonchev–Trinajstić information content (AvgIpc) is 1.62. The second-order valence-corrected chi connectivity index (χ2v) is 26.4. The van der Waals surface area contributed by atoms with Crippen molar-refractivity contribution in [3.8, 4) is 51.7 Å². The first-order valence-corrected chi connectivity index (χ1v) is 36.2. The maximum absolute atomic E-state index is 14.6. The summed E-state index contributed by atoms with van der Waals surface area (Å²) >= 11 is 0. The second-order valence-electron chi connectivity index (χ2n) is 26.4. The molecule has 6 aliphatic heterocycles. The van der Waals surface area contributed by atoms with Crippen LogP contribution in [0.4, 0.5) is 31.4 Å². The third-order valence-electron chi connectivity index (χ3n) is 20.2. The summed E-state index contributed by atoms with van der Waals surface area (Å²) in [7, 11) is 13.6. The van der Waals surface area contributed by atoms with Crippen molar-refractivity contribution in [2.75, 3.05) is 118 Å². The largest absolute Gasteiger partial charge is 0.504 e. The first kappa shape index (κ1) is 79.8. The number of phenols is 1. The van der Waals surface area contributed by atoms with E-state index in [9.17, 15) is 33.9 Å². The molecule has 0 bridgehead atoms. The number of pyridine rings is 1. The number of methoxy groups -OCH3 is 9. The molecule has 0 radical (unpaired) electrons. The third-order valence-corrected chi connectivity index (χ3v) is 20.2. The number of nitrogens with zero attached hydrogens (tertiary/aromatic N) is 7. The number of amides is 6. The van der Waals surface area contributed by atoms with Gasteiger partial charge in [-0.05, 0) is 119 Å². The number of carbonyl (C=O) groups is 6. The lowest BCUT2D eigenvalue weighted by atomic mass is 9.92. The van der Waals surface area contributed by atoms with Crippen molar-refractivity contribution in [1.82, 2.24) is 19.7 Å². The lowest BCUT2D eigenvalue weighted by molar-refractivity contribution is 0.0175. The molecule has 3 unspecified atom stereocenters. The van der Waals surface area contributed by atoms with Gasteiger partial charge in [-0.2, -0.15) is 0 Å². The summed E-state index contributed by atoms with van der Waals surface area (Å²) in [5.74, 6) is 1.95. The van der Waals surface area contributed by atoms with Crippen LogP contribution in [0.15, 0.2) is 184 Å². The van der Waals surface area contributed by atoms with Crippen LogP contribution in [0.3, 0.4) is 0 Å². The van der Waals surface area contributed by atoms with Gasteiger partial charge in [0.15, 0.2) is 53.2 Å². The van der Waals surface area contributed by atoms with E-state index in [0.717, 1.165) is 39.2 Å². The molecule has 6 atom stereocenters. The molecule has 7 aromatic rings. The number of benzene rings is 6. The lowest BCUT2D eigenvalue weighted by Crippen LogP contribution is -2.55. The highest BCUT2D eigenvalue weighted by atomic mass is 16.6. The summed E-state index contributed by atoms with van der Waals surface area (Å²) in [4.78, 5) is 98.3. The van der Waals surface area contributed by atoms with Gasteiger partial charge in [-0.25, -0.2) is 29.1 Å². The van der Waals surface area contributed by atoms with Crippen LogP contribution in [0.5, 0.6) is 51.7 Å². The Morgan fingerprint density at radius 2 is 0.726 bits per heavy atom. The fraction of sp³-hybridized carbons (Fsp3) is 0.306. The molecule has 7 heterocycles. The van der Waals surface area contributed by atoms with Crippen LogP contribution >= 0.6 is 0 Å². The normalized spacial score (nSPS) is 18.7. The number of hydrogen-bond donors (Lipinski definition) is 1. The van der Waals surface area contributed by atoms with Crippen LogP contribution < -0.4 is 52.6 Å². The van der Waals surface area contributed by atoms with E-state index in [0.29, 0.717) is 48.7 Å². The molecule has 0 aliphatic carbocycles. The molecular weight excluding hydrogens is 1450 g/mol. The van der Waals surface area contributed by atoms with Gasteiger partial charge in [-0.3, -0.25) is 19.4 Å². The molecule has 0 saturated heterocycles. The van der Waals surface area contributed by atoms with Gasteiger partial charge in [-0.15, -0.1) is 0 Å². The average molecular weight is 1540 g/mol. The molecule has 0 spiro atoms. The molecule has 590 valence electrons. The van der Waals surface area contributed by atoms with E-state index in [-0.39, 0.29) is 132 Å². The number of ether oxygens (including phenoxy) is 14. The molecular formula is C85H89N7O21. The Kier molecular flexibility index (Phi) is 25.4. The summed E-state index contributed by atoms with van der Waals surface area (Å²) < 4.78 is 80.3. The van der Waals surface area contributed by atoms with Crippen molar-refractivity contribution < 1.29 is 100 Å². The predicted octanol–water partition coefficient (Wildman–Crippen LogP) is 12.9. The van der Waals surface area contributed by atoms with Gasteiger partial charge in [-0.1, -0.05) is 98.7 Å². The quantitative estimate of drug-likeness (QED) is 0.0434. The van der Waals surface area contributed by atoms with E-state index in [2.05, 4.69) is 19.7 Å². The smallest absolute Gasteiger partial charge is 0.416 e. The van der Waals surface area contributed by atoms with Crippen molar-refractivity contribution in [1.29, 1.82) is 0 Å². The van der Waals surface area contributed by atoms with Gasteiger partial charge in [0.05, 0.1) is 106 Å². The molecule has 6 amide bonds. The van der Waals surface area contributed by atoms with Crippen LogP contribution in [0.2, 0.25) is 0 Å². The minimum Gasteiger partial charge on any atom is -0.504 e. The van der Waals surface area contributed by atoms with Crippen molar-refractivity contribution in [3.63, 3.8) is 0 Å². The monoisotopic (exact) mass is 1540 g/mol. The Balaban J connectivity index is 0.000000281. The van der Waals surface area contributed by atoms with Gasteiger partial charge in [0.1, 0.15) is 50.3 Å². The van der Waals surface area contributed by atoms with Crippen LogP contribution in [-0.2, 0) is 41.6 Å². The first-order chi connectivity index (χ1) is 54.9. The van der Waals surface area contributed by atoms with Crippen molar-refractivity contribution in [2.24, 2.45) is 0 Å². The first-order valence-electron chi connectivity index (χ1n) is 36.2. The fourth-order valence-corrected chi connectivity index (χ4v) is 14.7. The van der Waals surface area contributed by atoms with Crippen molar-refractivity contribution in [3.05, 3.63) is 228 Å². The number of rotatable bonds is 24. The number of aromatic hydroxyl groups is 1. The number of carbonyl (C=O) groups excluding carboxylic acids is 6. The zero-order chi connectivity index (χ0) is 80.1. The predicted molar refractivity (Wildman–Crippen MR) is 419 cm³/mol. The zero-order valence-electron chi connectivity index (χ0n) is 64.2. The second kappa shape index (κ2) is 35.9. The highest BCUT2D eigenvalue weighted by molar-refractivity contribution is 6.09. The summed E-state index contributed by atoms with van der Waals surface area (Å²) in [6, 6.07) is 35.5. The van der Waals surface area contributed by atoms with Gasteiger partial charge in [0.25, 0.3) is 17.7 Å². The molecule has 113 heavy (non-hydrogen) atoms. The summed E-state index contributed by atoms with van der Waals surface area (Å²) in [5.41, 5.74) is 7.92. The topological polar surface area (TPSA) is 284 Å². The van der Waals surface area contributed by atoms with Gasteiger partial charge >= 0.3 is 18.3 Å². The molecule has 0 fully saturated rings. The number of phenolic OH excluding ortho intramolecular Hbond substituents is 1. The van der Waals surface area contributed by atoms with E-state index in [1.807, 2.05) is 91.0 Å². The van der Waals surface area contributed by atoms with Crippen LogP contribution in [-0.4, -0.2) is 201 Å². The fourth-order valence-electron chi connectivity index (χ4n) is 14.7. The van der Waals surface area contributed by atoms with E-state index in [4.69, 9.17) is 71.3 Å². The maximum Gasteiger partial charge on any atom is 0.416 e. The summed E-state index contributed by atoms with van der Waals surface area (Å²) in [5, 5.41) is 10.5. The minimum absolute atomic E-state index is 0.0252. The molecule has 1 N–H and O–H groups in total. The number of anilines is 3. The lowest BCUT2D eigenvalue weighted by Gasteiger charge is -2.40. The van der Waals surface area contributed by atoms with Gasteiger partial charge in [0.2, 0.25) is 0 Å². The van der Waals surface area contributed by atoms with Gasteiger partial charge < -0.3 is 86.1 Å². The van der Waals surface area contributed by atoms with Crippen LogP contribution in [0, 0.1) is 0 Å². The molecule has 13 rings (SSSR count). The zero-order valence-corrected chi connectivity index (χ0v) is 64.2. The maximum atomic E-state index is 14.6. The molecule has 0 saturated carbocycles. The van der Waals surface area contributed by atoms with Crippen LogP contribution in [0.25, 0.3) is 16.7 Å². The number of fused-ring (bicyclic) bond motifs is 6. The third kappa shape index (κ3) is 16.5.